The fraction of sp³-hybridized carbons (Fsp3) is 0.750. The molecule has 0 aliphatic heterocycles. The van der Waals surface area contributed by atoms with Crippen molar-refractivity contribution in [2.45, 2.75) is 36.2 Å². The lowest BCUT2D eigenvalue weighted by Gasteiger charge is -2.22. The Hall–Kier alpha value is -0.960. The molecule has 0 aliphatic carbocycles. The highest BCUT2D eigenvalue weighted by Crippen LogP contribution is 2.25. The molecule has 2 amide bonds. The lowest BCUT2D eigenvalue weighted by molar-refractivity contribution is -0.144. The van der Waals surface area contributed by atoms with Gasteiger partial charge in [-0.3, -0.25) is 9.59 Å². The minimum Gasteiger partial charge on any atom is -0.460 e. The van der Waals surface area contributed by atoms with Crippen molar-refractivity contribution in [3.8, 4) is 0 Å². The summed E-state index contributed by atoms with van der Waals surface area (Å²) in [5.74, 6) is -1.65. The Morgan fingerprint density at radius 1 is 1.17 bits per heavy atom. The Balaban J connectivity index is 4.30. The van der Waals surface area contributed by atoms with Gasteiger partial charge < -0.3 is 25.2 Å². The molecule has 0 aromatic rings. The summed E-state index contributed by atoms with van der Waals surface area (Å²) in [4.78, 5) is 34.6. The summed E-state index contributed by atoms with van der Waals surface area (Å²) in [6.07, 6.45) is -0.884. The molecular weight excluding hydrogens is 374 g/mol. The third kappa shape index (κ3) is 12.2. The van der Waals surface area contributed by atoms with Crippen LogP contribution in [0, 0.1) is 0 Å². The molecule has 0 saturated carbocycles. The molecule has 0 bridgehead atoms. The van der Waals surface area contributed by atoms with E-state index in [0.717, 1.165) is 0 Å². The van der Waals surface area contributed by atoms with Crippen molar-refractivity contribution in [3.05, 3.63) is 0 Å². The van der Waals surface area contributed by atoms with Crippen LogP contribution in [0.5, 0.6) is 0 Å². The highest BCUT2D eigenvalue weighted by Gasteiger charge is 2.25. The largest absolute Gasteiger partial charge is 0.460 e. The summed E-state index contributed by atoms with van der Waals surface area (Å²) < 4.78 is 7.78. The van der Waals surface area contributed by atoms with Gasteiger partial charge >= 0.3 is 12.1 Å². The van der Waals surface area contributed by atoms with E-state index in [2.05, 4.69) is 15.4 Å². The number of halogens is 3. The Labute approximate surface area is 148 Å². The first-order valence-corrected chi connectivity index (χ1v) is 7.58. The standard InChI is InChI=1S/C12H19Cl3N2O6/c1-11(2,3)23-10(21)17-7(5-18)9(20)16-4-8(19)22-6-12(13,14)15/h7,18H,4-6H2,1-3H3,(H,16,20)(H,17,21)/t7-/m1/s1. The predicted molar refractivity (Wildman–Crippen MR) is 84.5 cm³/mol. The first-order valence-electron chi connectivity index (χ1n) is 6.44. The number of aliphatic hydroxyl groups excluding tert-OH is 1. The van der Waals surface area contributed by atoms with Gasteiger partial charge in [0.25, 0.3) is 0 Å². The van der Waals surface area contributed by atoms with Crippen molar-refractivity contribution in [2.24, 2.45) is 0 Å². The van der Waals surface area contributed by atoms with E-state index in [1.165, 1.54) is 0 Å². The van der Waals surface area contributed by atoms with Crippen molar-refractivity contribution >= 4 is 52.8 Å². The van der Waals surface area contributed by atoms with E-state index in [0.29, 0.717) is 0 Å². The Morgan fingerprint density at radius 3 is 2.17 bits per heavy atom. The maximum atomic E-state index is 11.8. The van der Waals surface area contributed by atoms with Crippen molar-refractivity contribution in [1.29, 1.82) is 0 Å². The van der Waals surface area contributed by atoms with E-state index in [9.17, 15) is 14.4 Å². The molecular formula is C12H19Cl3N2O6. The van der Waals surface area contributed by atoms with Crippen molar-refractivity contribution in [1.82, 2.24) is 10.6 Å². The molecule has 11 heteroatoms. The van der Waals surface area contributed by atoms with Crippen molar-refractivity contribution in [2.75, 3.05) is 19.8 Å². The molecule has 3 N–H and O–H groups in total. The van der Waals surface area contributed by atoms with Crippen LogP contribution in [0.4, 0.5) is 4.79 Å². The first kappa shape index (κ1) is 22.0. The van der Waals surface area contributed by atoms with E-state index in [-0.39, 0.29) is 0 Å². The number of esters is 1. The molecule has 0 aliphatic rings. The fourth-order valence-corrected chi connectivity index (χ4v) is 1.30. The number of alkyl halides is 3. The van der Waals surface area contributed by atoms with Crippen LogP contribution in [0.3, 0.4) is 0 Å². The number of amides is 2. The summed E-state index contributed by atoms with van der Waals surface area (Å²) in [6.45, 7) is 3.23. The summed E-state index contributed by atoms with van der Waals surface area (Å²) in [6, 6.07) is -1.29. The molecule has 0 unspecified atom stereocenters. The zero-order valence-electron chi connectivity index (χ0n) is 12.8. The zero-order valence-corrected chi connectivity index (χ0v) is 15.1. The van der Waals surface area contributed by atoms with Gasteiger partial charge in [-0.1, -0.05) is 34.8 Å². The third-order valence-corrected chi connectivity index (χ3v) is 2.32. The topological polar surface area (TPSA) is 114 Å². The van der Waals surface area contributed by atoms with Crippen LogP contribution < -0.4 is 10.6 Å². The van der Waals surface area contributed by atoms with E-state index in [1.54, 1.807) is 20.8 Å². The second-order valence-electron chi connectivity index (χ2n) is 5.38. The quantitative estimate of drug-likeness (QED) is 0.456. The molecule has 0 fully saturated rings. The molecule has 1 atom stereocenters. The van der Waals surface area contributed by atoms with Gasteiger partial charge in [0.2, 0.25) is 9.70 Å². The maximum Gasteiger partial charge on any atom is 0.408 e. The molecule has 0 heterocycles. The number of ether oxygens (including phenoxy) is 2. The average Bonchev–Trinajstić information content (AvgIpc) is 2.36. The lowest BCUT2D eigenvalue weighted by atomic mass is 10.2. The van der Waals surface area contributed by atoms with Crippen LogP contribution >= 0.6 is 34.8 Å². The zero-order chi connectivity index (χ0) is 18.3. The Bertz CT molecular complexity index is 433. The SMILES string of the molecule is CC(C)(C)OC(=O)N[C@H](CO)C(=O)NCC(=O)OCC(Cl)(Cl)Cl. The summed E-state index contributed by atoms with van der Waals surface area (Å²) >= 11 is 16.2. The van der Waals surface area contributed by atoms with Gasteiger partial charge in [0.1, 0.15) is 24.8 Å². The fourth-order valence-electron chi connectivity index (χ4n) is 1.14. The Morgan fingerprint density at radius 2 is 1.74 bits per heavy atom. The summed E-state index contributed by atoms with van der Waals surface area (Å²) in [5, 5.41) is 13.4. The van der Waals surface area contributed by atoms with Gasteiger partial charge in [-0.25, -0.2) is 4.79 Å². The molecule has 0 saturated heterocycles. The second kappa shape index (κ2) is 9.36. The van der Waals surface area contributed by atoms with Gasteiger partial charge in [0, 0.05) is 0 Å². The van der Waals surface area contributed by atoms with Crippen LogP contribution in [0.2, 0.25) is 0 Å². The van der Waals surface area contributed by atoms with Crippen molar-refractivity contribution < 1.29 is 29.0 Å². The number of nitrogens with one attached hydrogen (secondary N) is 2. The predicted octanol–water partition coefficient (Wildman–Crippen LogP) is 0.902. The number of carbonyl (C=O) groups is 3. The molecule has 0 radical (unpaired) electrons. The molecule has 0 aromatic carbocycles. The van der Waals surface area contributed by atoms with Gasteiger partial charge in [-0.15, -0.1) is 0 Å². The Kier molecular flexibility index (Phi) is 8.97. The average molecular weight is 394 g/mol. The van der Waals surface area contributed by atoms with Gasteiger partial charge in [-0.2, -0.15) is 0 Å². The van der Waals surface area contributed by atoms with E-state index in [4.69, 9.17) is 44.6 Å². The number of hydrogen-bond acceptors (Lipinski definition) is 6. The maximum absolute atomic E-state index is 11.8. The van der Waals surface area contributed by atoms with Crippen LogP contribution in [0.15, 0.2) is 0 Å². The van der Waals surface area contributed by atoms with Crippen LogP contribution in [0.1, 0.15) is 20.8 Å². The van der Waals surface area contributed by atoms with Gasteiger partial charge in [-0.05, 0) is 20.8 Å². The summed E-state index contributed by atoms with van der Waals surface area (Å²) in [7, 11) is 0. The van der Waals surface area contributed by atoms with Crippen LogP contribution in [-0.2, 0) is 19.1 Å². The second-order valence-corrected chi connectivity index (χ2v) is 7.89. The number of carbonyl (C=O) groups excluding carboxylic acids is 3. The minimum atomic E-state index is -1.76. The van der Waals surface area contributed by atoms with E-state index >= 15 is 0 Å². The molecule has 0 spiro atoms. The van der Waals surface area contributed by atoms with Crippen LogP contribution in [0.25, 0.3) is 0 Å². The van der Waals surface area contributed by atoms with Crippen LogP contribution in [-0.4, -0.2) is 58.3 Å². The normalized spacial score (nSPS) is 13.0. The van der Waals surface area contributed by atoms with Gasteiger partial charge in [0.15, 0.2) is 0 Å². The number of hydrogen-bond donors (Lipinski definition) is 3. The van der Waals surface area contributed by atoms with Crippen molar-refractivity contribution in [3.63, 3.8) is 0 Å². The smallest absolute Gasteiger partial charge is 0.408 e. The monoisotopic (exact) mass is 392 g/mol. The number of aliphatic hydroxyl groups is 1. The highest BCUT2D eigenvalue weighted by atomic mass is 35.6. The van der Waals surface area contributed by atoms with E-state index in [1.807, 2.05) is 0 Å². The first-order chi connectivity index (χ1) is 10.3. The van der Waals surface area contributed by atoms with E-state index < -0.39 is 53.2 Å². The third-order valence-electron chi connectivity index (χ3n) is 1.99. The number of rotatable bonds is 6. The summed E-state index contributed by atoms with van der Waals surface area (Å²) in [5.41, 5.74) is -0.762. The molecule has 0 rings (SSSR count). The minimum absolute atomic E-state index is 0.480. The lowest BCUT2D eigenvalue weighted by Crippen LogP contribution is -2.51. The molecule has 134 valence electrons. The number of alkyl carbamates (subject to hydrolysis) is 1. The van der Waals surface area contributed by atoms with Gasteiger partial charge in [0.05, 0.1) is 6.61 Å². The molecule has 0 aromatic heterocycles. The molecule has 23 heavy (non-hydrogen) atoms. The highest BCUT2D eigenvalue weighted by molar-refractivity contribution is 6.67. The molecule has 8 nitrogen and oxygen atoms in total.